The first-order valence-electron chi connectivity index (χ1n) is 3.43. The lowest BCUT2D eigenvalue weighted by atomic mass is 10.4. The number of aromatic nitrogens is 2. The van der Waals surface area contributed by atoms with E-state index in [1.165, 1.54) is 13.0 Å². The number of halogens is 3. The number of hydrogen-bond donors (Lipinski definition) is 0. The lowest BCUT2D eigenvalue weighted by Crippen LogP contribution is -2.19. The highest BCUT2D eigenvalue weighted by Crippen LogP contribution is 2.18. The summed E-state index contributed by atoms with van der Waals surface area (Å²) in [6.07, 6.45) is -4.34. The van der Waals surface area contributed by atoms with Crippen LogP contribution in [0.3, 0.4) is 0 Å². The van der Waals surface area contributed by atoms with Crippen molar-refractivity contribution in [2.24, 2.45) is 0 Å². The molecule has 70 valence electrons. The van der Waals surface area contributed by atoms with Gasteiger partial charge in [0.2, 0.25) is 0 Å². The second-order valence-electron chi connectivity index (χ2n) is 2.56. The van der Waals surface area contributed by atoms with Gasteiger partial charge in [-0.3, -0.25) is 0 Å². The van der Waals surface area contributed by atoms with E-state index in [0.29, 0.717) is 10.4 Å². The largest absolute Gasteiger partial charge is 0.408 e. The van der Waals surface area contributed by atoms with Crippen molar-refractivity contribution in [2.75, 3.05) is 0 Å². The van der Waals surface area contributed by atoms with E-state index in [9.17, 15) is 13.2 Å². The van der Waals surface area contributed by atoms with Crippen LogP contribution in [0.25, 0.3) is 0 Å². The highest BCUT2D eigenvalue weighted by atomic mass is 19.4. The second kappa shape index (κ2) is 3.09. The van der Waals surface area contributed by atoms with Crippen LogP contribution in [0, 0.1) is 18.3 Å². The highest BCUT2D eigenvalue weighted by Gasteiger charge is 2.29. The summed E-state index contributed by atoms with van der Waals surface area (Å²) in [6, 6.07) is 2.95. The molecule has 0 radical (unpaired) electrons. The first-order chi connectivity index (χ1) is 5.92. The predicted octanol–water partition coefficient (Wildman–Crippen LogP) is 1.63. The lowest BCUT2D eigenvalue weighted by molar-refractivity contribution is -0.142. The number of alkyl halides is 3. The zero-order valence-electron chi connectivity index (χ0n) is 6.76. The minimum atomic E-state index is -4.34. The van der Waals surface area contributed by atoms with E-state index in [1.54, 1.807) is 6.07 Å². The summed E-state index contributed by atoms with van der Waals surface area (Å²) in [5.41, 5.74) is 0.329. The van der Waals surface area contributed by atoms with Gasteiger partial charge in [-0.1, -0.05) is 0 Å². The molecule has 6 heteroatoms. The number of nitrogens with zero attached hydrogens (tertiary/aromatic N) is 3. The van der Waals surface area contributed by atoms with Gasteiger partial charge in [0.05, 0.1) is 5.69 Å². The Kier molecular flexibility index (Phi) is 2.28. The number of hydrogen-bond acceptors (Lipinski definition) is 2. The molecule has 1 heterocycles. The molecular weight excluding hydrogens is 183 g/mol. The van der Waals surface area contributed by atoms with Gasteiger partial charge >= 0.3 is 6.18 Å². The van der Waals surface area contributed by atoms with E-state index in [0.717, 1.165) is 0 Å². The Morgan fingerprint density at radius 2 is 2.23 bits per heavy atom. The van der Waals surface area contributed by atoms with Crippen LogP contribution < -0.4 is 0 Å². The van der Waals surface area contributed by atoms with E-state index in [1.807, 2.05) is 0 Å². The van der Waals surface area contributed by atoms with E-state index in [2.05, 4.69) is 5.10 Å². The van der Waals surface area contributed by atoms with Gasteiger partial charge in [-0.2, -0.15) is 23.5 Å². The van der Waals surface area contributed by atoms with Crippen LogP contribution in [-0.4, -0.2) is 16.0 Å². The fourth-order valence-electron chi connectivity index (χ4n) is 0.926. The first kappa shape index (κ1) is 9.58. The lowest BCUT2D eigenvalue weighted by Gasteiger charge is -2.06. The summed E-state index contributed by atoms with van der Waals surface area (Å²) in [5.74, 6) is 0. The molecule has 0 fully saturated rings. The molecule has 0 saturated heterocycles. The summed E-state index contributed by atoms with van der Waals surface area (Å²) < 4.78 is 36.3. The Bertz CT molecular complexity index is 345. The molecule has 3 nitrogen and oxygen atoms in total. The molecule has 0 spiro atoms. The van der Waals surface area contributed by atoms with Crippen molar-refractivity contribution >= 4 is 0 Å². The van der Waals surface area contributed by atoms with Crippen molar-refractivity contribution in [3.63, 3.8) is 0 Å². The number of aryl methyl sites for hydroxylation is 1. The minimum absolute atomic E-state index is 0.0742. The van der Waals surface area contributed by atoms with Gasteiger partial charge < -0.3 is 0 Å². The van der Waals surface area contributed by atoms with E-state index >= 15 is 0 Å². The molecule has 13 heavy (non-hydrogen) atoms. The predicted molar refractivity (Wildman–Crippen MR) is 37.7 cm³/mol. The van der Waals surface area contributed by atoms with Crippen LogP contribution in [0.5, 0.6) is 0 Å². The van der Waals surface area contributed by atoms with Crippen LogP contribution in [0.1, 0.15) is 11.4 Å². The van der Waals surface area contributed by atoms with Gasteiger partial charge in [0.15, 0.2) is 0 Å². The number of rotatable bonds is 1. The highest BCUT2D eigenvalue weighted by molar-refractivity contribution is 5.22. The van der Waals surface area contributed by atoms with Crippen LogP contribution >= 0.6 is 0 Å². The Balaban J connectivity index is 2.95. The molecule has 0 amide bonds. The fraction of sp³-hybridized carbons (Fsp3) is 0.429. The molecule has 1 aromatic rings. The molecule has 0 aliphatic carbocycles. The monoisotopic (exact) mass is 189 g/mol. The standard InChI is InChI=1S/C7H6F3N3/c1-5-2-6(3-11)13(12-5)4-7(8,9)10/h2H,4H2,1H3. The Hall–Kier alpha value is -1.51. The molecule has 0 atom stereocenters. The third-order valence-corrected chi connectivity index (χ3v) is 1.35. The third kappa shape index (κ3) is 2.47. The average Bonchev–Trinajstić information content (AvgIpc) is 2.27. The van der Waals surface area contributed by atoms with Crippen LogP contribution in [-0.2, 0) is 6.54 Å². The van der Waals surface area contributed by atoms with Gasteiger partial charge in [0.1, 0.15) is 18.3 Å². The van der Waals surface area contributed by atoms with Crippen molar-refractivity contribution in [3.8, 4) is 6.07 Å². The molecule has 0 N–H and O–H groups in total. The van der Waals surface area contributed by atoms with Gasteiger partial charge in [-0.15, -0.1) is 0 Å². The summed E-state index contributed by atoms with van der Waals surface area (Å²) in [4.78, 5) is 0. The molecule has 0 aromatic carbocycles. The SMILES string of the molecule is Cc1cc(C#N)n(CC(F)(F)F)n1. The van der Waals surface area contributed by atoms with Crippen LogP contribution in [0.2, 0.25) is 0 Å². The fourth-order valence-corrected chi connectivity index (χ4v) is 0.926. The molecule has 1 rings (SSSR count). The summed E-state index contributed by atoms with van der Waals surface area (Å²) in [5, 5.41) is 12.0. The maximum absolute atomic E-state index is 11.9. The van der Waals surface area contributed by atoms with Gasteiger partial charge in [0, 0.05) is 0 Å². The third-order valence-electron chi connectivity index (χ3n) is 1.35. The minimum Gasteiger partial charge on any atom is -0.245 e. The maximum Gasteiger partial charge on any atom is 0.408 e. The quantitative estimate of drug-likeness (QED) is 0.673. The zero-order chi connectivity index (χ0) is 10.1. The Labute approximate surface area is 72.4 Å². The number of nitriles is 1. The summed E-state index contributed by atoms with van der Waals surface area (Å²) in [7, 11) is 0. The summed E-state index contributed by atoms with van der Waals surface area (Å²) >= 11 is 0. The molecule has 1 aromatic heterocycles. The van der Waals surface area contributed by atoms with Crippen molar-refractivity contribution in [1.29, 1.82) is 5.26 Å². The Morgan fingerprint density at radius 1 is 1.62 bits per heavy atom. The molecule has 0 bridgehead atoms. The van der Waals surface area contributed by atoms with Crippen molar-refractivity contribution in [3.05, 3.63) is 17.5 Å². The van der Waals surface area contributed by atoms with E-state index < -0.39 is 12.7 Å². The topological polar surface area (TPSA) is 41.6 Å². The van der Waals surface area contributed by atoms with Gasteiger partial charge in [-0.25, -0.2) is 4.68 Å². The first-order valence-corrected chi connectivity index (χ1v) is 3.43. The molecule has 0 aliphatic heterocycles. The average molecular weight is 189 g/mol. The molecule has 0 saturated carbocycles. The molecule has 0 aliphatic rings. The van der Waals surface area contributed by atoms with Crippen LogP contribution in [0.15, 0.2) is 6.07 Å². The van der Waals surface area contributed by atoms with Crippen molar-refractivity contribution < 1.29 is 13.2 Å². The van der Waals surface area contributed by atoms with Gasteiger partial charge in [-0.05, 0) is 13.0 Å². The maximum atomic E-state index is 11.9. The van der Waals surface area contributed by atoms with E-state index in [4.69, 9.17) is 5.26 Å². The van der Waals surface area contributed by atoms with Crippen molar-refractivity contribution in [2.45, 2.75) is 19.6 Å². The van der Waals surface area contributed by atoms with Crippen LogP contribution in [0.4, 0.5) is 13.2 Å². The van der Waals surface area contributed by atoms with Gasteiger partial charge in [0.25, 0.3) is 0 Å². The normalized spacial score (nSPS) is 11.3. The van der Waals surface area contributed by atoms with Crippen molar-refractivity contribution in [1.82, 2.24) is 9.78 Å². The molecular formula is C7H6F3N3. The smallest absolute Gasteiger partial charge is 0.245 e. The molecule has 0 unspecified atom stereocenters. The summed E-state index contributed by atoms with van der Waals surface area (Å²) in [6.45, 7) is 0.317. The second-order valence-corrected chi connectivity index (χ2v) is 2.56. The van der Waals surface area contributed by atoms with E-state index in [-0.39, 0.29) is 5.69 Å². The Morgan fingerprint density at radius 3 is 2.69 bits per heavy atom. The zero-order valence-corrected chi connectivity index (χ0v) is 6.76.